The van der Waals surface area contributed by atoms with Gasteiger partial charge in [0, 0.05) is 11.6 Å². The lowest BCUT2D eigenvalue weighted by molar-refractivity contribution is 0.0593. The van der Waals surface area contributed by atoms with Crippen molar-refractivity contribution in [1.82, 2.24) is 0 Å². The standard InChI is InChI=1S/C19H26O5/c1-12(2)7-6-8-13(3)9-10-14-16(23-4)11-15(20)17(18(14)21)19(22)24-5/h7,9,11,20-21H,6,8,10H2,1-5H3/b13-9+. The maximum absolute atomic E-state index is 11.7. The number of hydrogen-bond donors (Lipinski definition) is 2. The molecular weight excluding hydrogens is 308 g/mol. The molecule has 5 nitrogen and oxygen atoms in total. The summed E-state index contributed by atoms with van der Waals surface area (Å²) in [7, 11) is 2.64. The largest absolute Gasteiger partial charge is 0.507 e. The Morgan fingerprint density at radius 3 is 2.38 bits per heavy atom. The fraction of sp³-hybridized carbons (Fsp3) is 0.421. The average molecular weight is 334 g/mol. The minimum atomic E-state index is -0.793. The van der Waals surface area contributed by atoms with Crippen LogP contribution in [0.3, 0.4) is 0 Å². The van der Waals surface area contributed by atoms with Gasteiger partial charge in [0.15, 0.2) is 0 Å². The molecule has 0 spiro atoms. The maximum Gasteiger partial charge on any atom is 0.345 e. The van der Waals surface area contributed by atoms with Crippen LogP contribution in [0.4, 0.5) is 0 Å². The van der Waals surface area contributed by atoms with Crippen LogP contribution in [0.2, 0.25) is 0 Å². The number of methoxy groups -OCH3 is 2. The maximum atomic E-state index is 11.7. The van der Waals surface area contributed by atoms with Crippen LogP contribution in [0.15, 0.2) is 29.4 Å². The molecule has 0 aliphatic rings. The Balaban J connectivity index is 3.09. The number of allylic oxidation sites excluding steroid dienone is 4. The van der Waals surface area contributed by atoms with E-state index in [4.69, 9.17) is 4.74 Å². The Bertz CT molecular complexity index is 652. The monoisotopic (exact) mass is 334 g/mol. The highest BCUT2D eigenvalue weighted by atomic mass is 16.5. The van der Waals surface area contributed by atoms with Crippen LogP contribution in [0.1, 0.15) is 49.5 Å². The van der Waals surface area contributed by atoms with Gasteiger partial charge >= 0.3 is 5.97 Å². The Kier molecular flexibility index (Phi) is 7.36. The van der Waals surface area contributed by atoms with E-state index in [1.54, 1.807) is 0 Å². The molecule has 0 saturated carbocycles. The third-order valence-corrected chi connectivity index (χ3v) is 3.70. The molecule has 0 radical (unpaired) electrons. The molecule has 24 heavy (non-hydrogen) atoms. The molecular formula is C19H26O5. The van der Waals surface area contributed by atoms with Gasteiger partial charge in [0.2, 0.25) is 0 Å². The molecule has 0 atom stereocenters. The van der Waals surface area contributed by atoms with Crippen molar-refractivity contribution in [2.24, 2.45) is 0 Å². The molecule has 0 aromatic heterocycles. The van der Waals surface area contributed by atoms with E-state index in [0.29, 0.717) is 17.7 Å². The minimum Gasteiger partial charge on any atom is -0.507 e. The van der Waals surface area contributed by atoms with E-state index in [2.05, 4.69) is 24.7 Å². The molecule has 0 heterocycles. The second-order valence-corrected chi connectivity index (χ2v) is 5.87. The average Bonchev–Trinajstić information content (AvgIpc) is 2.52. The molecule has 132 valence electrons. The van der Waals surface area contributed by atoms with E-state index >= 15 is 0 Å². The Labute approximate surface area is 143 Å². The second kappa shape index (κ2) is 9.01. The summed E-state index contributed by atoms with van der Waals surface area (Å²) >= 11 is 0. The van der Waals surface area contributed by atoms with Crippen molar-refractivity contribution in [1.29, 1.82) is 0 Å². The predicted molar refractivity (Wildman–Crippen MR) is 93.8 cm³/mol. The molecule has 1 aromatic rings. The first-order valence-electron chi connectivity index (χ1n) is 7.80. The number of carbonyl (C=O) groups is 1. The molecule has 1 aromatic carbocycles. The van der Waals surface area contributed by atoms with Crippen molar-refractivity contribution in [2.45, 2.75) is 40.0 Å². The SMILES string of the molecule is COC(=O)c1c(O)cc(OC)c(C/C=C(\C)CCC=C(C)C)c1O. The van der Waals surface area contributed by atoms with Gasteiger partial charge in [0.05, 0.1) is 14.2 Å². The fourth-order valence-corrected chi connectivity index (χ4v) is 2.32. The second-order valence-electron chi connectivity index (χ2n) is 5.87. The Morgan fingerprint density at radius 2 is 1.83 bits per heavy atom. The third-order valence-electron chi connectivity index (χ3n) is 3.70. The van der Waals surface area contributed by atoms with Gasteiger partial charge < -0.3 is 19.7 Å². The Morgan fingerprint density at radius 1 is 1.17 bits per heavy atom. The highest BCUT2D eigenvalue weighted by Gasteiger charge is 2.23. The zero-order valence-electron chi connectivity index (χ0n) is 15.0. The van der Waals surface area contributed by atoms with Gasteiger partial charge in [-0.3, -0.25) is 0 Å². The topological polar surface area (TPSA) is 76.0 Å². The van der Waals surface area contributed by atoms with Crippen LogP contribution in [0.5, 0.6) is 17.2 Å². The van der Waals surface area contributed by atoms with Crippen LogP contribution in [-0.2, 0) is 11.2 Å². The van der Waals surface area contributed by atoms with Crippen molar-refractivity contribution in [3.63, 3.8) is 0 Å². The number of rotatable bonds is 7. The van der Waals surface area contributed by atoms with E-state index in [1.165, 1.54) is 31.4 Å². The highest BCUT2D eigenvalue weighted by Crippen LogP contribution is 2.39. The number of benzene rings is 1. The molecule has 5 heteroatoms. The zero-order chi connectivity index (χ0) is 18.3. The minimum absolute atomic E-state index is 0.246. The summed E-state index contributed by atoms with van der Waals surface area (Å²) in [5.74, 6) is -1.15. The highest BCUT2D eigenvalue weighted by molar-refractivity contribution is 5.96. The smallest absolute Gasteiger partial charge is 0.345 e. The van der Waals surface area contributed by atoms with Gasteiger partial charge in [-0.2, -0.15) is 0 Å². The molecule has 0 amide bonds. The molecule has 0 saturated heterocycles. The molecule has 0 bridgehead atoms. The van der Waals surface area contributed by atoms with Crippen LogP contribution < -0.4 is 4.74 Å². The Hall–Kier alpha value is -2.43. The van der Waals surface area contributed by atoms with E-state index in [0.717, 1.165) is 12.8 Å². The summed E-state index contributed by atoms with van der Waals surface area (Å²) in [4.78, 5) is 11.7. The van der Waals surface area contributed by atoms with Crippen molar-refractivity contribution >= 4 is 5.97 Å². The molecule has 0 fully saturated rings. The van der Waals surface area contributed by atoms with Crippen LogP contribution in [-0.4, -0.2) is 30.4 Å². The molecule has 0 aliphatic heterocycles. The number of aromatic hydroxyl groups is 2. The van der Waals surface area contributed by atoms with E-state index < -0.39 is 5.97 Å². The van der Waals surface area contributed by atoms with Crippen LogP contribution >= 0.6 is 0 Å². The third kappa shape index (κ3) is 5.05. The number of ether oxygens (including phenoxy) is 2. The summed E-state index contributed by atoms with van der Waals surface area (Å²) < 4.78 is 9.82. The summed E-state index contributed by atoms with van der Waals surface area (Å²) in [6, 6.07) is 1.31. The number of carbonyl (C=O) groups excluding carboxylic acids is 1. The van der Waals surface area contributed by atoms with Gasteiger partial charge in [-0.15, -0.1) is 0 Å². The molecule has 0 unspecified atom stereocenters. The number of hydrogen-bond acceptors (Lipinski definition) is 5. The van der Waals surface area contributed by atoms with Crippen LogP contribution in [0.25, 0.3) is 0 Å². The van der Waals surface area contributed by atoms with Gasteiger partial charge in [0.1, 0.15) is 22.8 Å². The van der Waals surface area contributed by atoms with E-state index in [9.17, 15) is 15.0 Å². The molecule has 1 rings (SSSR count). The lowest BCUT2D eigenvalue weighted by Gasteiger charge is -2.14. The predicted octanol–water partition coefficient (Wildman–Crippen LogP) is 4.13. The first kappa shape index (κ1) is 19.6. The van der Waals surface area contributed by atoms with Crippen molar-refractivity contribution in [3.8, 4) is 17.2 Å². The normalized spacial score (nSPS) is 11.1. The summed E-state index contributed by atoms with van der Waals surface area (Å²) in [6.07, 6.45) is 6.41. The van der Waals surface area contributed by atoms with Crippen molar-refractivity contribution < 1.29 is 24.5 Å². The van der Waals surface area contributed by atoms with Gasteiger partial charge in [-0.25, -0.2) is 4.79 Å². The number of phenols is 2. The summed E-state index contributed by atoms with van der Waals surface area (Å²) in [6.45, 7) is 6.14. The van der Waals surface area contributed by atoms with Crippen molar-refractivity contribution in [2.75, 3.05) is 14.2 Å². The van der Waals surface area contributed by atoms with Gasteiger partial charge in [0.25, 0.3) is 0 Å². The van der Waals surface area contributed by atoms with Crippen molar-refractivity contribution in [3.05, 3.63) is 40.5 Å². The molecule has 2 N–H and O–H groups in total. The first-order chi connectivity index (χ1) is 11.3. The lowest BCUT2D eigenvalue weighted by atomic mass is 10.0. The van der Waals surface area contributed by atoms with E-state index in [1.807, 2.05) is 13.0 Å². The van der Waals surface area contributed by atoms with E-state index in [-0.39, 0.29) is 17.1 Å². The lowest BCUT2D eigenvalue weighted by Crippen LogP contribution is -2.05. The van der Waals surface area contributed by atoms with Gasteiger partial charge in [-0.1, -0.05) is 23.3 Å². The molecule has 0 aliphatic carbocycles. The fourth-order valence-electron chi connectivity index (χ4n) is 2.32. The van der Waals surface area contributed by atoms with Crippen LogP contribution in [0, 0.1) is 0 Å². The number of esters is 1. The van der Waals surface area contributed by atoms with Gasteiger partial charge in [-0.05, 0) is 40.0 Å². The first-order valence-corrected chi connectivity index (χ1v) is 7.80. The quantitative estimate of drug-likeness (QED) is 0.579. The summed E-state index contributed by atoms with van der Waals surface area (Å²) in [5, 5.41) is 20.3. The zero-order valence-corrected chi connectivity index (χ0v) is 15.0. The summed E-state index contributed by atoms with van der Waals surface area (Å²) in [5.41, 5.74) is 2.64. The number of phenolic OH excluding ortho intramolecular Hbond substituents is 2.